The maximum absolute atomic E-state index is 6.32. The molecule has 0 radical (unpaired) electrons. The summed E-state index contributed by atoms with van der Waals surface area (Å²) < 4.78 is 13.8. The molecule has 0 amide bonds. The van der Waals surface area contributed by atoms with E-state index in [1.54, 1.807) is 0 Å². The molecule has 0 atom stereocenters. The highest BCUT2D eigenvalue weighted by atomic mass is 79.9. The van der Waals surface area contributed by atoms with E-state index in [1.165, 1.54) is 0 Å². The molecule has 1 aliphatic rings. The van der Waals surface area contributed by atoms with Crippen LogP contribution in [0, 0.1) is 0 Å². The molecule has 1 aromatic heterocycles. The molecule has 1 aromatic carbocycles. The average Bonchev–Trinajstić information content (AvgIpc) is 3.02. The molecule has 6 heteroatoms. The van der Waals surface area contributed by atoms with Crippen molar-refractivity contribution in [1.29, 1.82) is 0 Å². The van der Waals surface area contributed by atoms with Gasteiger partial charge in [-0.1, -0.05) is 6.92 Å². The van der Waals surface area contributed by atoms with Crippen molar-refractivity contribution in [2.24, 2.45) is 0 Å². The van der Waals surface area contributed by atoms with E-state index in [4.69, 9.17) is 20.2 Å². The number of nitrogen functional groups attached to an aromatic ring is 1. The van der Waals surface area contributed by atoms with Gasteiger partial charge < -0.3 is 19.8 Å². The number of imidazole rings is 1. The molecule has 112 valence electrons. The Kier molecular flexibility index (Phi) is 3.57. The summed E-state index contributed by atoms with van der Waals surface area (Å²) in [6, 6.07) is 4.17. The van der Waals surface area contributed by atoms with Gasteiger partial charge in [-0.05, 0) is 41.9 Å². The number of ether oxygens (including phenoxy) is 2. The minimum Gasteiger partial charge on any atom is -0.454 e. The van der Waals surface area contributed by atoms with Crippen LogP contribution in [-0.2, 0) is 6.42 Å². The standard InChI is InChI=1S/C15H18BrN3O2/c1-4-12-18-13(15(17)19(12)8(2)3)9-5-10(16)14-11(6-9)20-7-21-14/h5-6,8H,4,7,17H2,1-3H3. The lowest BCUT2D eigenvalue weighted by Gasteiger charge is -2.12. The molecule has 0 fully saturated rings. The lowest BCUT2D eigenvalue weighted by Crippen LogP contribution is -2.08. The van der Waals surface area contributed by atoms with E-state index in [0.29, 0.717) is 5.82 Å². The molecule has 0 unspecified atom stereocenters. The fraction of sp³-hybridized carbons (Fsp3) is 0.400. The van der Waals surface area contributed by atoms with Gasteiger partial charge in [0, 0.05) is 18.0 Å². The molecule has 2 heterocycles. The Morgan fingerprint density at radius 3 is 2.76 bits per heavy atom. The molecule has 0 saturated carbocycles. The molecule has 3 rings (SSSR count). The number of anilines is 1. The largest absolute Gasteiger partial charge is 0.454 e. The van der Waals surface area contributed by atoms with Gasteiger partial charge in [-0.15, -0.1) is 0 Å². The second-order valence-corrected chi connectivity index (χ2v) is 6.13. The van der Waals surface area contributed by atoms with Crippen molar-refractivity contribution in [3.05, 3.63) is 22.4 Å². The van der Waals surface area contributed by atoms with Crippen molar-refractivity contribution in [2.75, 3.05) is 12.5 Å². The number of halogens is 1. The van der Waals surface area contributed by atoms with Crippen molar-refractivity contribution in [2.45, 2.75) is 33.2 Å². The van der Waals surface area contributed by atoms with Crippen LogP contribution in [-0.4, -0.2) is 16.3 Å². The lowest BCUT2D eigenvalue weighted by molar-refractivity contribution is 0.173. The summed E-state index contributed by atoms with van der Waals surface area (Å²) in [5.41, 5.74) is 8.04. The summed E-state index contributed by atoms with van der Waals surface area (Å²) in [4.78, 5) is 4.71. The third-order valence-corrected chi connectivity index (χ3v) is 4.14. The van der Waals surface area contributed by atoms with Gasteiger partial charge in [0.15, 0.2) is 11.5 Å². The fourth-order valence-electron chi connectivity index (χ4n) is 2.64. The smallest absolute Gasteiger partial charge is 0.231 e. The number of hydrogen-bond donors (Lipinski definition) is 1. The predicted octanol–water partition coefficient (Wildman–Crippen LogP) is 3.77. The molecule has 2 N–H and O–H groups in total. The van der Waals surface area contributed by atoms with E-state index in [0.717, 1.165) is 39.5 Å². The number of nitrogens with two attached hydrogens (primary N) is 1. The maximum Gasteiger partial charge on any atom is 0.231 e. The quantitative estimate of drug-likeness (QED) is 0.914. The first-order valence-corrected chi connectivity index (χ1v) is 7.78. The molecule has 2 aromatic rings. The number of rotatable bonds is 3. The fourth-order valence-corrected chi connectivity index (χ4v) is 3.19. The van der Waals surface area contributed by atoms with Gasteiger partial charge in [-0.2, -0.15) is 0 Å². The third-order valence-electron chi connectivity index (χ3n) is 3.55. The van der Waals surface area contributed by atoms with Crippen LogP contribution in [0.15, 0.2) is 16.6 Å². The highest BCUT2D eigenvalue weighted by Gasteiger charge is 2.22. The van der Waals surface area contributed by atoms with Gasteiger partial charge >= 0.3 is 0 Å². The van der Waals surface area contributed by atoms with Crippen molar-refractivity contribution < 1.29 is 9.47 Å². The molecule has 21 heavy (non-hydrogen) atoms. The number of fused-ring (bicyclic) bond motifs is 1. The predicted molar refractivity (Wildman–Crippen MR) is 85.7 cm³/mol. The van der Waals surface area contributed by atoms with E-state index in [-0.39, 0.29) is 12.8 Å². The molecule has 0 bridgehead atoms. The normalized spacial score (nSPS) is 13.2. The first-order valence-electron chi connectivity index (χ1n) is 6.99. The zero-order chi connectivity index (χ0) is 15.1. The van der Waals surface area contributed by atoms with Crippen LogP contribution < -0.4 is 15.2 Å². The summed E-state index contributed by atoms with van der Waals surface area (Å²) in [6.07, 6.45) is 0.841. The summed E-state index contributed by atoms with van der Waals surface area (Å²) in [7, 11) is 0. The highest BCUT2D eigenvalue weighted by molar-refractivity contribution is 9.10. The van der Waals surface area contributed by atoms with E-state index in [2.05, 4.69) is 41.3 Å². The van der Waals surface area contributed by atoms with Crippen molar-refractivity contribution in [1.82, 2.24) is 9.55 Å². The van der Waals surface area contributed by atoms with Crippen LogP contribution in [0.3, 0.4) is 0 Å². The number of aryl methyl sites for hydroxylation is 1. The topological polar surface area (TPSA) is 62.3 Å². The van der Waals surface area contributed by atoms with Crippen LogP contribution in [0.1, 0.15) is 32.6 Å². The minimum atomic E-state index is 0.244. The minimum absolute atomic E-state index is 0.244. The molecule has 0 spiro atoms. The number of hydrogen-bond acceptors (Lipinski definition) is 4. The van der Waals surface area contributed by atoms with Crippen LogP contribution >= 0.6 is 15.9 Å². The van der Waals surface area contributed by atoms with Crippen molar-refractivity contribution >= 4 is 21.7 Å². The van der Waals surface area contributed by atoms with Crippen LogP contribution in [0.25, 0.3) is 11.3 Å². The van der Waals surface area contributed by atoms with Crippen molar-refractivity contribution in [3.8, 4) is 22.8 Å². The average molecular weight is 352 g/mol. The van der Waals surface area contributed by atoms with Crippen LogP contribution in [0.2, 0.25) is 0 Å². The summed E-state index contributed by atoms with van der Waals surface area (Å²) >= 11 is 3.51. The van der Waals surface area contributed by atoms with Crippen molar-refractivity contribution in [3.63, 3.8) is 0 Å². The second-order valence-electron chi connectivity index (χ2n) is 5.27. The second kappa shape index (κ2) is 5.26. The third kappa shape index (κ3) is 2.27. The summed E-state index contributed by atoms with van der Waals surface area (Å²) in [5, 5.41) is 0. The van der Waals surface area contributed by atoms with Crippen LogP contribution in [0.5, 0.6) is 11.5 Å². The molecular formula is C15H18BrN3O2. The Morgan fingerprint density at radius 1 is 1.38 bits per heavy atom. The zero-order valence-corrected chi connectivity index (χ0v) is 13.9. The van der Waals surface area contributed by atoms with E-state index < -0.39 is 0 Å². The van der Waals surface area contributed by atoms with E-state index in [1.807, 2.05) is 12.1 Å². The Morgan fingerprint density at radius 2 is 2.14 bits per heavy atom. The molecule has 0 aliphatic carbocycles. The molecule has 5 nitrogen and oxygen atoms in total. The Bertz CT molecular complexity index is 695. The Labute approximate surface area is 132 Å². The highest BCUT2D eigenvalue weighted by Crippen LogP contribution is 2.43. The van der Waals surface area contributed by atoms with Gasteiger partial charge in [0.2, 0.25) is 6.79 Å². The lowest BCUT2D eigenvalue weighted by atomic mass is 10.1. The molecular weight excluding hydrogens is 334 g/mol. The van der Waals surface area contributed by atoms with Gasteiger partial charge in [0.05, 0.1) is 4.47 Å². The van der Waals surface area contributed by atoms with E-state index in [9.17, 15) is 0 Å². The maximum atomic E-state index is 6.32. The summed E-state index contributed by atoms with van der Waals surface area (Å²) in [6.45, 7) is 6.54. The van der Waals surface area contributed by atoms with Crippen LogP contribution in [0.4, 0.5) is 5.82 Å². The SMILES string of the molecule is CCc1nc(-c2cc(Br)c3c(c2)OCO3)c(N)n1C(C)C. The number of nitrogens with zero attached hydrogens (tertiary/aromatic N) is 2. The van der Waals surface area contributed by atoms with Gasteiger partial charge in [0.1, 0.15) is 17.3 Å². The Hall–Kier alpha value is -1.69. The first-order chi connectivity index (χ1) is 10.0. The number of benzene rings is 1. The summed E-state index contributed by atoms with van der Waals surface area (Å²) in [5.74, 6) is 3.13. The number of aromatic nitrogens is 2. The zero-order valence-electron chi connectivity index (χ0n) is 12.3. The first kappa shape index (κ1) is 14.3. The molecule has 0 saturated heterocycles. The monoisotopic (exact) mass is 351 g/mol. The van der Waals surface area contributed by atoms with E-state index >= 15 is 0 Å². The van der Waals surface area contributed by atoms with Gasteiger partial charge in [-0.25, -0.2) is 4.98 Å². The van der Waals surface area contributed by atoms with Gasteiger partial charge in [0.25, 0.3) is 0 Å². The van der Waals surface area contributed by atoms with Gasteiger partial charge in [-0.3, -0.25) is 0 Å². The Balaban J connectivity index is 2.15. The molecule has 1 aliphatic heterocycles.